The number of rotatable bonds is 2. The molecule has 1 aromatic heterocycles. The van der Waals surface area contributed by atoms with Crippen molar-refractivity contribution in [2.45, 2.75) is 19.6 Å². The number of nitrogens with zero attached hydrogens (tertiary/aromatic N) is 2. The lowest BCUT2D eigenvalue weighted by Gasteiger charge is -2.34. The van der Waals surface area contributed by atoms with Crippen LogP contribution in [0.4, 0.5) is 15.2 Å². The summed E-state index contributed by atoms with van der Waals surface area (Å²) in [5.41, 5.74) is 6.42. The lowest BCUT2D eigenvalue weighted by molar-refractivity contribution is 0.202. The van der Waals surface area contributed by atoms with Crippen LogP contribution in [0.5, 0.6) is 5.75 Å². The molecule has 0 bridgehead atoms. The largest absolute Gasteiger partial charge is 0.484 e. The van der Waals surface area contributed by atoms with Gasteiger partial charge in [-0.25, -0.2) is 9.37 Å². The third kappa shape index (κ3) is 2.35. The Hall–Kier alpha value is -1.82. The molecule has 2 heterocycles. The Morgan fingerprint density at radius 2 is 2.42 bits per heavy atom. The molecule has 6 heteroatoms. The van der Waals surface area contributed by atoms with Crippen molar-refractivity contribution in [3.63, 3.8) is 0 Å². The Morgan fingerprint density at radius 1 is 1.58 bits per heavy atom. The zero-order valence-corrected chi connectivity index (χ0v) is 11.3. The van der Waals surface area contributed by atoms with Gasteiger partial charge in [-0.15, -0.1) is 11.3 Å². The van der Waals surface area contributed by atoms with Crippen molar-refractivity contribution in [3.05, 3.63) is 35.1 Å². The first kappa shape index (κ1) is 12.2. The number of ether oxygens (including phenoxy) is 1. The number of nitrogen functional groups attached to an aromatic ring is 1. The lowest BCUT2D eigenvalue weighted by atomic mass is 10.2. The van der Waals surface area contributed by atoms with E-state index in [-0.39, 0.29) is 11.9 Å². The Labute approximate surface area is 114 Å². The van der Waals surface area contributed by atoms with Gasteiger partial charge in [-0.3, -0.25) is 0 Å². The van der Waals surface area contributed by atoms with Gasteiger partial charge in [0.05, 0.1) is 18.8 Å². The molecule has 4 nitrogen and oxygen atoms in total. The molecule has 0 radical (unpaired) electrons. The minimum absolute atomic E-state index is 0.0466. The van der Waals surface area contributed by atoms with E-state index in [2.05, 4.69) is 9.88 Å². The highest BCUT2D eigenvalue weighted by molar-refractivity contribution is 7.15. The van der Waals surface area contributed by atoms with E-state index in [1.165, 1.54) is 17.4 Å². The summed E-state index contributed by atoms with van der Waals surface area (Å²) < 4.78 is 19.4. The van der Waals surface area contributed by atoms with Crippen LogP contribution in [0.25, 0.3) is 0 Å². The van der Waals surface area contributed by atoms with E-state index in [1.807, 2.05) is 13.0 Å². The summed E-state index contributed by atoms with van der Waals surface area (Å²) in [7, 11) is 0. The van der Waals surface area contributed by atoms with Crippen LogP contribution >= 0.6 is 11.3 Å². The number of aromatic nitrogens is 1. The molecule has 3 rings (SSSR count). The van der Waals surface area contributed by atoms with Gasteiger partial charge in [-0.2, -0.15) is 0 Å². The van der Waals surface area contributed by atoms with Crippen molar-refractivity contribution in [2.75, 3.05) is 17.2 Å². The number of thiazole rings is 1. The maximum atomic E-state index is 13.8. The second-order valence-electron chi connectivity index (χ2n) is 4.56. The molecule has 1 atom stereocenters. The van der Waals surface area contributed by atoms with Crippen LogP contribution in [0.15, 0.2) is 24.4 Å². The lowest BCUT2D eigenvalue weighted by Crippen LogP contribution is -2.38. The topological polar surface area (TPSA) is 51.4 Å². The van der Waals surface area contributed by atoms with Gasteiger partial charge in [-0.1, -0.05) is 6.07 Å². The molecule has 1 aliphatic rings. The fraction of sp³-hybridized carbons (Fsp3) is 0.308. The second-order valence-corrected chi connectivity index (χ2v) is 5.71. The Kier molecular flexibility index (Phi) is 3.02. The highest BCUT2D eigenvalue weighted by Gasteiger charge is 2.25. The molecular weight excluding hydrogens is 265 g/mol. The maximum absolute atomic E-state index is 13.8. The number of para-hydroxylation sites is 1. The van der Waals surface area contributed by atoms with E-state index in [0.717, 1.165) is 10.6 Å². The fourth-order valence-corrected chi connectivity index (χ4v) is 2.94. The summed E-state index contributed by atoms with van der Waals surface area (Å²) in [5, 5.41) is 0.552. The molecule has 0 fully saturated rings. The predicted octanol–water partition coefficient (Wildman–Crippen LogP) is 2.65. The van der Waals surface area contributed by atoms with Crippen molar-refractivity contribution < 1.29 is 9.13 Å². The third-order valence-electron chi connectivity index (χ3n) is 3.00. The van der Waals surface area contributed by atoms with E-state index in [1.54, 1.807) is 12.3 Å². The minimum Gasteiger partial charge on any atom is -0.484 e. The quantitative estimate of drug-likeness (QED) is 0.918. The monoisotopic (exact) mass is 279 g/mol. The van der Waals surface area contributed by atoms with Crippen molar-refractivity contribution in [3.8, 4) is 5.75 Å². The molecule has 0 spiro atoms. The summed E-state index contributed by atoms with van der Waals surface area (Å²) in [6.45, 7) is 3.32. The number of anilines is 2. The Bertz CT molecular complexity index is 601. The van der Waals surface area contributed by atoms with E-state index in [4.69, 9.17) is 10.5 Å². The molecule has 0 saturated heterocycles. The molecule has 0 amide bonds. The third-order valence-corrected chi connectivity index (χ3v) is 3.81. The van der Waals surface area contributed by atoms with Gasteiger partial charge in [0.1, 0.15) is 6.10 Å². The van der Waals surface area contributed by atoms with Crippen molar-refractivity contribution in [1.82, 2.24) is 4.98 Å². The van der Waals surface area contributed by atoms with E-state index < -0.39 is 0 Å². The number of halogens is 1. The van der Waals surface area contributed by atoms with Gasteiger partial charge in [0.25, 0.3) is 0 Å². The SMILES string of the molecule is CC1CN(Cc2cnc(N)s2)c2cccc(F)c2O1. The van der Waals surface area contributed by atoms with Gasteiger partial charge in [-0.05, 0) is 19.1 Å². The summed E-state index contributed by atoms with van der Waals surface area (Å²) in [6, 6.07) is 4.98. The Morgan fingerprint density at radius 3 is 3.16 bits per heavy atom. The van der Waals surface area contributed by atoms with E-state index in [9.17, 15) is 4.39 Å². The summed E-state index contributed by atoms with van der Waals surface area (Å²) in [4.78, 5) is 7.19. The summed E-state index contributed by atoms with van der Waals surface area (Å²) >= 11 is 1.45. The van der Waals surface area contributed by atoms with Crippen LogP contribution in [0, 0.1) is 5.82 Å². The zero-order chi connectivity index (χ0) is 13.4. The molecule has 1 unspecified atom stereocenters. The zero-order valence-electron chi connectivity index (χ0n) is 10.5. The molecule has 0 aliphatic carbocycles. The van der Waals surface area contributed by atoms with Gasteiger partial charge in [0.15, 0.2) is 16.7 Å². The first-order valence-electron chi connectivity index (χ1n) is 6.04. The average molecular weight is 279 g/mol. The number of fused-ring (bicyclic) bond motifs is 1. The van der Waals surface area contributed by atoms with Crippen molar-refractivity contribution in [2.24, 2.45) is 0 Å². The average Bonchev–Trinajstić information content (AvgIpc) is 2.76. The van der Waals surface area contributed by atoms with Crippen LogP contribution in [0.3, 0.4) is 0 Å². The number of benzene rings is 1. The number of hydrogen-bond donors (Lipinski definition) is 1. The minimum atomic E-state index is -0.321. The summed E-state index contributed by atoms with van der Waals surface area (Å²) in [5.74, 6) is 0.0107. The Balaban J connectivity index is 1.92. The molecule has 100 valence electrons. The van der Waals surface area contributed by atoms with Crippen LogP contribution in [0.1, 0.15) is 11.8 Å². The molecular formula is C13H14FN3OS. The molecule has 1 aliphatic heterocycles. The van der Waals surface area contributed by atoms with Crippen LogP contribution < -0.4 is 15.4 Å². The summed E-state index contributed by atoms with van der Waals surface area (Å²) in [6.07, 6.45) is 1.72. The number of nitrogens with two attached hydrogens (primary N) is 1. The second kappa shape index (κ2) is 4.70. The molecule has 19 heavy (non-hydrogen) atoms. The smallest absolute Gasteiger partial charge is 0.180 e. The van der Waals surface area contributed by atoms with E-state index >= 15 is 0 Å². The van der Waals surface area contributed by atoms with Gasteiger partial charge < -0.3 is 15.4 Å². The maximum Gasteiger partial charge on any atom is 0.180 e. The molecule has 2 aromatic rings. The van der Waals surface area contributed by atoms with Crippen LogP contribution in [-0.4, -0.2) is 17.6 Å². The predicted molar refractivity (Wildman–Crippen MR) is 74.1 cm³/mol. The van der Waals surface area contributed by atoms with Crippen molar-refractivity contribution >= 4 is 22.2 Å². The van der Waals surface area contributed by atoms with Crippen LogP contribution in [-0.2, 0) is 6.54 Å². The first-order valence-corrected chi connectivity index (χ1v) is 6.85. The van der Waals surface area contributed by atoms with Crippen LogP contribution in [0.2, 0.25) is 0 Å². The normalized spacial score (nSPS) is 18.0. The molecule has 1 aromatic carbocycles. The van der Waals surface area contributed by atoms with Gasteiger partial charge in [0, 0.05) is 11.1 Å². The van der Waals surface area contributed by atoms with E-state index in [0.29, 0.717) is 24.0 Å². The van der Waals surface area contributed by atoms with Gasteiger partial charge in [0.2, 0.25) is 0 Å². The molecule has 2 N–H and O–H groups in total. The van der Waals surface area contributed by atoms with Crippen molar-refractivity contribution in [1.29, 1.82) is 0 Å². The highest BCUT2D eigenvalue weighted by atomic mass is 32.1. The van der Waals surface area contributed by atoms with Gasteiger partial charge >= 0.3 is 0 Å². The standard InChI is InChI=1S/C13H14FN3OS/c1-8-6-17(7-9-5-16-13(15)19-9)11-4-2-3-10(14)12(11)18-8/h2-5,8H,6-7H2,1H3,(H2,15,16). The highest BCUT2D eigenvalue weighted by Crippen LogP contribution is 2.36. The molecule has 0 saturated carbocycles. The number of hydrogen-bond acceptors (Lipinski definition) is 5. The fourth-order valence-electron chi connectivity index (χ4n) is 2.24. The first-order chi connectivity index (χ1) is 9.13.